The lowest BCUT2D eigenvalue weighted by atomic mass is 10.1. The zero-order valence-electron chi connectivity index (χ0n) is 15.8. The molecule has 2 aromatic carbocycles. The fraction of sp³-hybridized carbons (Fsp3) is 0.350. The third-order valence-electron chi connectivity index (χ3n) is 4.20. The minimum absolute atomic E-state index is 0.0611. The van der Waals surface area contributed by atoms with Crippen LogP contribution in [0.5, 0.6) is 0 Å². The number of carbonyl (C=O) groups is 1. The van der Waals surface area contributed by atoms with Crippen LogP contribution in [-0.2, 0) is 10.0 Å². The normalized spacial score (nSPS) is 12.7. The van der Waals surface area contributed by atoms with Crippen molar-refractivity contribution in [3.05, 3.63) is 59.7 Å². The molecule has 0 aliphatic heterocycles. The second-order valence-electron chi connectivity index (χ2n) is 6.88. The predicted molar refractivity (Wildman–Crippen MR) is 107 cm³/mol. The highest BCUT2D eigenvalue weighted by atomic mass is 32.2. The minimum Gasteiger partial charge on any atom is -0.478 e. The predicted octanol–water partition coefficient (Wildman–Crippen LogP) is 3.88. The Morgan fingerprint density at radius 3 is 2.33 bits per heavy atom. The van der Waals surface area contributed by atoms with E-state index in [0.717, 1.165) is 12.0 Å². The number of anilines is 1. The van der Waals surface area contributed by atoms with E-state index in [0.29, 0.717) is 18.2 Å². The molecule has 0 aromatic heterocycles. The van der Waals surface area contributed by atoms with Crippen molar-refractivity contribution in [3.63, 3.8) is 0 Å². The lowest BCUT2D eigenvalue weighted by Crippen LogP contribution is -2.27. The molecule has 0 radical (unpaired) electrons. The summed E-state index contributed by atoms with van der Waals surface area (Å²) in [6, 6.07) is 12.9. The molecule has 6 nitrogen and oxygen atoms in total. The van der Waals surface area contributed by atoms with Crippen LogP contribution in [0.25, 0.3) is 0 Å². The number of sulfonamides is 1. The first-order chi connectivity index (χ1) is 12.7. The first-order valence-corrected chi connectivity index (χ1v) is 10.4. The van der Waals surface area contributed by atoms with E-state index in [1.165, 1.54) is 18.2 Å². The second kappa shape index (κ2) is 9.01. The Labute approximate surface area is 160 Å². The largest absolute Gasteiger partial charge is 0.478 e. The van der Waals surface area contributed by atoms with Gasteiger partial charge in [-0.2, -0.15) is 0 Å². The second-order valence-corrected chi connectivity index (χ2v) is 8.59. The highest BCUT2D eigenvalue weighted by molar-refractivity contribution is 7.89. The van der Waals surface area contributed by atoms with Gasteiger partial charge in [-0.3, -0.25) is 0 Å². The summed E-state index contributed by atoms with van der Waals surface area (Å²) >= 11 is 0. The van der Waals surface area contributed by atoms with Gasteiger partial charge in [-0.25, -0.2) is 17.9 Å². The number of nitrogens with one attached hydrogen (secondary N) is 2. The molecule has 7 heteroatoms. The SMILES string of the molecule is CC(C)CCNc1ccc(S(=O)(=O)N[C@@H](C)c2ccccc2)cc1C(=O)O. The number of hydrogen-bond acceptors (Lipinski definition) is 4. The van der Waals surface area contributed by atoms with E-state index in [1.807, 2.05) is 30.3 Å². The molecule has 0 unspecified atom stereocenters. The average molecular weight is 391 g/mol. The van der Waals surface area contributed by atoms with Gasteiger partial charge in [-0.1, -0.05) is 44.2 Å². The molecular weight excluding hydrogens is 364 g/mol. The quantitative estimate of drug-likeness (QED) is 0.604. The van der Waals surface area contributed by atoms with Crippen LogP contribution in [0.4, 0.5) is 5.69 Å². The minimum atomic E-state index is -3.86. The van der Waals surface area contributed by atoms with Crippen molar-refractivity contribution in [2.75, 3.05) is 11.9 Å². The monoisotopic (exact) mass is 390 g/mol. The van der Waals surface area contributed by atoms with E-state index < -0.39 is 22.0 Å². The average Bonchev–Trinajstić information content (AvgIpc) is 2.61. The maximum Gasteiger partial charge on any atom is 0.337 e. The molecular formula is C20H26N2O4S. The summed E-state index contributed by atoms with van der Waals surface area (Å²) in [7, 11) is -3.86. The summed E-state index contributed by atoms with van der Waals surface area (Å²) in [4.78, 5) is 11.5. The fourth-order valence-electron chi connectivity index (χ4n) is 2.63. The Morgan fingerprint density at radius 1 is 1.07 bits per heavy atom. The number of carboxylic acids is 1. The molecule has 0 amide bonds. The van der Waals surface area contributed by atoms with E-state index in [9.17, 15) is 18.3 Å². The number of hydrogen-bond donors (Lipinski definition) is 3. The molecule has 0 saturated heterocycles. The van der Waals surface area contributed by atoms with Crippen molar-refractivity contribution in [1.82, 2.24) is 4.72 Å². The van der Waals surface area contributed by atoms with Crippen LogP contribution in [0.2, 0.25) is 0 Å². The summed E-state index contributed by atoms with van der Waals surface area (Å²) in [5.74, 6) is -0.690. The van der Waals surface area contributed by atoms with Gasteiger partial charge >= 0.3 is 5.97 Å². The van der Waals surface area contributed by atoms with E-state index >= 15 is 0 Å². The standard InChI is InChI=1S/C20H26N2O4S/c1-14(2)11-12-21-19-10-9-17(13-18(19)20(23)24)27(25,26)22-15(3)16-7-5-4-6-8-16/h4-10,13-15,21-22H,11-12H2,1-3H3,(H,23,24)/t15-/m0/s1. The van der Waals surface area contributed by atoms with E-state index in [4.69, 9.17) is 0 Å². The molecule has 0 aliphatic rings. The molecule has 3 N–H and O–H groups in total. The van der Waals surface area contributed by atoms with Gasteiger partial charge in [0.1, 0.15) is 0 Å². The van der Waals surface area contributed by atoms with Gasteiger partial charge in [0.15, 0.2) is 0 Å². The van der Waals surface area contributed by atoms with Crippen LogP contribution in [-0.4, -0.2) is 26.0 Å². The zero-order valence-corrected chi connectivity index (χ0v) is 16.6. The summed E-state index contributed by atoms with van der Waals surface area (Å²) in [5, 5.41) is 12.5. The first kappa shape index (κ1) is 20.9. The molecule has 0 heterocycles. The molecule has 0 saturated carbocycles. The molecule has 2 rings (SSSR count). The zero-order chi connectivity index (χ0) is 20.0. The summed E-state index contributed by atoms with van der Waals surface area (Å²) in [6.45, 7) is 6.52. The number of aromatic carboxylic acids is 1. The fourth-order valence-corrected chi connectivity index (χ4v) is 3.89. The van der Waals surface area contributed by atoms with Gasteiger partial charge < -0.3 is 10.4 Å². The van der Waals surface area contributed by atoms with Crippen LogP contribution in [0.15, 0.2) is 53.4 Å². The Bertz CT molecular complexity index is 880. The Balaban J connectivity index is 2.23. The highest BCUT2D eigenvalue weighted by Crippen LogP contribution is 2.23. The van der Waals surface area contributed by atoms with Crippen molar-refractivity contribution >= 4 is 21.7 Å². The third-order valence-corrected chi connectivity index (χ3v) is 5.74. The van der Waals surface area contributed by atoms with Gasteiger partial charge in [0.05, 0.1) is 10.5 Å². The van der Waals surface area contributed by atoms with Crippen LogP contribution in [0.1, 0.15) is 49.2 Å². The maximum atomic E-state index is 12.7. The van der Waals surface area contributed by atoms with Crippen molar-refractivity contribution in [2.24, 2.45) is 5.92 Å². The van der Waals surface area contributed by atoms with Crippen LogP contribution in [0.3, 0.4) is 0 Å². The lowest BCUT2D eigenvalue weighted by molar-refractivity contribution is 0.0697. The van der Waals surface area contributed by atoms with Gasteiger partial charge in [-0.05, 0) is 43.0 Å². The molecule has 0 aliphatic carbocycles. The Morgan fingerprint density at radius 2 is 1.74 bits per heavy atom. The van der Waals surface area contributed by atoms with Crippen LogP contribution >= 0.6 is 0 Å². The smallest absolute Gasteiger partial charge is 0.337 e. The lowest BCUT2D eigenvalue weighted by Gasteiger charge is -2.16. The topological polar surface area (TPSA) is 95.5 Å². The Kier molecular flexibility index (Phi) is 6.98. The van der Waals surface area contributed by atoms with Gasteiger partial charge in [0.25, 0.3) is 0 Å². The highest BCUT2D eigenvalue weighted by Gasteiger charge is 2.21. The molecule has 0 spiro atoms. The van der Waals surface area contributed by atoms with Crippen molar-refractivity contribution < 1.29 is 18.3 Å². The molecule has 1 atom stereocenters. The van der Waals surface area contributed by atoms with Crippen molar-refractivity contribution in [2.45, 2.75) is 38.1 Å². The number of rotatable bonds is 9. The Hall–Kier alpha value is -2.38. The third kappa shape index (κ3) is 5.80. The van der Waals surface area contributed by atoms with Gasteiger partial charge in [0, 0.05) is 18.3 Å². The summed E-state index contributed by atoms with van der Waals surface area (Å²) in [6.07, 6.45) is 0.884. The number of benzene rings is 2. The molecule has 27 heavy (non-hydrogen) atoms. The van der Waals surface area contributed by atoms with E-state index in [2.05, 4.69) is 23.9 Å². The van der Waals surface area contributed by atoms with E-state index in [1.54, 1.807) is 6.92 Å². The summed E-state index contributed by atoms with van der Waals surface area (Å²) in [5.41, 5.74) is 1.18. The number of carboxylic acid groups (broad SMARTS) is 1. The molecule has 0 bridgehead atoms. The van der Waals surface area contributed by atoms with Gasteiger partial charge in [0.2, 0.25) is 10.0 Å². The van der Waals surface area contributed by atoms with Crippen molar-refractivity contribution in [1.29, 1.82) is 0 Å². The van der Waals surface area contributed by atoms with E-state index in [-0.39, 0.29) is 10.5 Å². The van der Waals surface area contributed by atoms with Gasteiger partial charge in [-0.15, -0.1) is 0 Å². The molecule has 0 fully saturated rings. The first-order valence-electron chi connectivity index (χ1n) is 8.89. The van der Waals surface area contributed by atoms with Crippen molar-refractivity contribution in [3.8, 4) is 0 Å². The van der Waals surface area contributed by atoms with Crippen LogP contribution < -0.4 is 10.0 Å². The molecule has 146 valence electrons. The van der Waals surface area contributed by atoms with Crippen LogP contribution in [0, 0.1) is 5.92 Å². The molecule has 2 aromatic rings. The summed E-state index contributed by atoms with van der Waals surface area (Å²) < 4.78 is 28.0. The maximum absolute atomic E-state index is 12.7.